The monoisotopic (exact) mass is 377 g/mol. The van der Waals surface area contributed by atoms with Gasteiger partial charge in [-0.2, -0.15) is 5.10 Å². The van der Waals surface area contributed by atoms with E-state index in [9.17, 15) is 4.79 Å². The number of amidine groups is 1. The number of aliphatic carboxylic acids is 1. The highest BCUT2D eigenvalue weighted by Gasteiger charge is 2.05. The molecule has 2 aromatic carbocycles. The second-order valence-electron chi connectivity index (χ2n) is 4.82. The zero-order valence-electron chi connectivity index (χ0n) is 13.1. The van der Waals surface area contributed by atoms with Crippen molar-refractivity contribution in [3.63, 3.8) is 0 Å². The first-order valence-corrected chi connectivity index (χ1v) is 8.58. The molecule has 0 saturated heterocycles. The van der Waals surface area contributed by atoms with Crippen molar-refractivity contribution in [3.05, 3.63) is 64.7 Å². The van der Waals surface area contributed by atoms with Crippen LogP contribution in [0.15, 0.2) is 58.7 Å². The van der Waals surface area contributed by atoms with E-state index in [1.807, 2.05) is 30.3 Å². The highest BCUT2D eigenvalue weighted by Crippen LogP contribution is 2.21. The maximum atomic E-state index is 10.6. The topological polar surface area (TPSA) is 97.3 Å². The first kappa shape index (κ1) is 18.8. The quantitative estimate of drug-likeness (QED) is 0.438. The molecule has 0 aromatic heterocycles. The number of halogens is 1. The molecule has 130 valence electrons. The molecule has 25 heavy (non-hydrogen) atoms. The van der Waals surface area contributed by atoms with Crippen LogP contribution in [0, 0.1) is 0 Å². The van der Waals surface area contributed by atoms with Crippen molar-refractivity contribution < 1.29 is 14.6 Å². The predicted octanol–water partition coefficient (Wildman–Crippen LogP) is 3.39. The van der Waals surface area contributed by atoms with Gasteiger partial charge in [-0.25, -0.2) is 4.79 Å². The third-order valence-corrected chi connectivity index (χ3v) is 4.00. The van der Waals surface area contributed by atoms with Crippen LogP contribution in [0.2, 0.25) is 5.02 Å². The van der Waals surface area contributed by atoms with Gasteiger partial charge in [0, 0.05) is 16.3 Å². The fourth-order valence-electron chi connectivity index (χ4n) is 1.80. The van der Waals surface area contributed by atoms with Crippen molar-refractivity contribution >= 4 is 40.7 Å². The zero-order valence-corrected chi connectivity index (χ0v) is 14.7. The smallest absolute Gasteiger partial charge is 0.341 e. The van der Waals surface area contributed by atoms with Gasteiger partial charge in [0.1, 0.15) is 5.75 Å². The molecule has 0 saturated carbocycles. The van der Waals surface area contributed by atoms with Crippen LogP contribution in [-0.2, 0) is 10.5 Å². The average molecular weight is 378 g/mol. The predicted molar refractivity (Wildman–Crippen MR) is 102 cm³/mol. The lowest BCUT2D eigenvalue weighted by Gasteiger charge is -2.06. The van der Waals surface area contributed by atoms with E-state index in [0.717, 1.165) is 5.56 Å². The van der Waals surface area contributed by atoms with Crippen molar-refractivity contribution in [1.29, 1.82) is 0 Å². The summed E-state index contributed by atoms with van der Waals surface area (Å²) >= 11 is 7.31. The maximum absolute atomic E-state index is 10.6. The lowest BCUT2D eigenvalue weighted by Crippen LogP contribution is -2.10. The van der Waals surface area contributed by atoms with E-state index in [1.165, 1.54) is 18.0 Å². The van der Waals surface area contributed by atoms with Gasteiger partial charge in [0.15, 0.2) is 11.8 Å². The molecule has 0 bridgehead atoms. The Kier molecular flexibility index (Phi) is 7.31. The van der Waals surface area contributed by atoms with Crippen LogP contribution in [0.25, 0.3) is 0 Å². The molecule has 0 fully saturated rings. The number of ether oxygens (including phenoxy) is 1. The highest BCUT2D eigenvalue weighted by molar-refractivity contribution is 8.13. The fraction of sp³-hybridized carbons (Fsp3) is 0.118. The molecule has 0 unspecified atom stereocenters. The van der Waals surface area contributed by atoms with Crippen LogP contribution >= 0.6 is 23.4 Å². The summed E-state index contributed by atoms with van der Waals surface area (Å²) in [6.45, 7) is -0.458. The van der Waals surface area contributed by atoms with Crippen LogP contribution in [0.5, 0.6) is 5.75 Å². The van der Waals surface area contributed by atoms with E-state index in [4.69, 9.17) is 27.2 Å². The molecule has 8 heteroatoms. The Labute approximate surface area is 154 Å². The van der Waals surface area contributed by atoms with Gasteiger partial charge in [-0.1, -0.05) is 53.7 Å². The van der Waals surface area contributed by atoms with Crippen molar-refractivity contribution in [2.24, 2.45) is 15.9 Å². The van der Waals surface area contributed by atoms with Gasteiger partial charge in [-0.05, 0) is 23.8 Å². The van der Waals surface area contributed by atoms with E-state index in [0.29, 0.717) is 27.3 Å². The standard InChI is InChI=1S/C17H16ClN3O3S/c18-14-6-7-15(24-10-16(22)23)13(8-14)9-20-21-17(19)25-11-12-4-2-1-3-5-12/h1-9H,10-11H2,(H2,19,21)(H,22,23). The third kappa shape index (κ3) is 6.86. The fourth-order valence-corrected chi connectivity index (χ4v) is 2.59. The molecule has 0 radical (unpaired) electrons. The van der Waals surface area contributed by atoms with Gasteiger partial charge in [-0.15, -0.1) is 5.10 Å². The number of carboxylic acid groups (broad SMARTS) is 1. The molecule has 0 aliphatic carbocycles. The summed E-state index contributed by atoms with van der Waals surface area (Å²) in [5.41, 5.74) is 7.46. The van der Waals surface area contributed by atoms with Crippen molar-refractivity contribution in [2.45, 2.75) is 5.75 Å². The molecule has 3 N–H and O–H groups in total. The first-order valence-electron chi connectivity index (χ1n) is 7.22. The molecule has 0 aliphatic heterocycles. The van der Waals surface area contributed by atoms with Crippen LogP contribution < -0.4 is 10.5 Å². The number of nitrogens with zero attached hydrogens (tertiary/aromatic N) is 2. The van der Waals surface area contributed by atoms with Crippen molar-refractivity contribution in [3.8, 4) is 5.75 Å². The minimum Gasteiger partial charge on any atom is -0.481 e. The normalized spacial score (nSPS) is 11.6. The molecular weight excluding hydrogens is 362 g/mol. The molecule has 2 aromatic rings. The summed E-state index contributed by atoms with van der Waals surface area (Å²) < 4.78 is 5.18. The minimum atomic E-state index is -1.07. The third-order valence-electron chi connectivity index (χ3n) is 2.91. The summed E-state index contributed by atoms with van der Waals surface area (Å²) in [6, 6.07) is 14.6. The number of carbonyl (C=O) groups is 1. The molecule has 0 aliphatic rings. The Morgan fingerprint density at radius 3 is 2.76 bits per heavy atom. The minimum absolute atomic E-state index is 0.315. The van der Waals surface area contributed by atoms with Crippen molar-refractivity contribution in [1.82, 2.24) is 0 Å². The van der Waals surface area contributed by atoms with Crippen LogP contribution in [0.1, 0.15) is 11.1 Å². The molecule has 0 heterocycles. The summed E-state index contributed by atoms with van der Waals surface area (Å²) in [7, 11) is 0. The molecule has 0 spiro atoms. The molecule has 0 atom stereocenters. The summed E-state index contributed by atoms with van der Waals surface area (Å²) in [6.07, 6.45) is 1.42. The summed E-state index contributed by atoms with van der Waals surface area (Å²) in [4.78, 5) is 10.6. The van der Waals surface area contributed by atoms with E-state index in [-0.39, 0.29) is 0 Å². The van der Waals surface area contributed by atoms with Gasteiger partial charge in [-0.3, -0.25) is 0 Å². The lowest BCUT2D eigenvalue weighted by atomic mass is 10.2. The highest BCUT2D eigenvalue weighted by atomic mass is 35.5. The number of hydrogen-bond acceptors (Lipinski definition) is 5. The number of rotatable bonds is 7. The Morgan fingerprint density at radius 1 is 1.28 bits per heavy atom. The van der Waals surface area contributed by atoms with Gasteiger partial charge in [0.25, 0.3) is 0 Å². The summed E-state index contributed by atoms with van der Waals surface area (Å²) in [5.74, 6) is -0.0331. The Balaban J connectivity index is 1.99. The summed E-state index contributed by atoms with van der Waals surface area (Å²) in [5, 5.41) is 17.3. The number of benzene rings is 2. The van der Waals surface area contributed by atoms with Crippen LogP contribution in [-0.4, -0.2) is 29.1 Å². The number of thioether (sulfide) groups is 1. The van der Waals surface area contributed by atoms with Gasteiger partial charge >= 0.3 is 5.97 Å². The van der Waals surface area contributed by atoms with E-state index in [2.05, 4.69) is 10.2 Å². The average Bonchev–Trinajstić information content (AvgIpc) is 2.60. The van der Waals surface area contributed by atoms with Crippen LogP contribution in [0.4, 0.5) is 0 Å². The van der Waals surface area contributed by atoms with E-state index < -0.39 is 12.6 Å². The molecule has 0 amide bonds. The number of nitrogens with two attached hydrogens (primary N) is 1. The largest absolute Gasteiger partial charge is 0.481 e. The Bertz CT molecular complexity index is 782. The first-order chi connectivity index (χ1) is 12.0. The Hall–Kier alpha value is -2.51. The molecule has 6 nitrogen and oxygen atoms in total. The van der Waals surface area contributed by atoms with E-state index >= 15 is 0 Å². The molecule has 2 rings (SSSR count). The second kappa shape index (κ2) is 9.71. The van der Waals surface area contributed by atoms with Crippen molar-refractivity contribution in [2.75, 3.05) is 6.61 Å². The second-order valence-corrected chi connectivity index (χ2v) is 6.25. The SMILES string of the molecule is NC(=NN=Cc1cc(Cl)ccc1OCC(=O)O)SCc1ccccc1. The number of hydrogen-bond donors (Lipinski definition) is 2. The number of carboxylic acids is 1. The van der Waals surface area contributed by atoms with Gasteiger partial charge < -0.3 is 15.6 Å². The maximum Gasteiger partial charge on any atom is 0.341 e. The Morgan fingerprint density at radius 2 is 2.04 bits per heavy atom. The molecular formula is C17H16ClN3O3S. The zero-order chi connectivity index (χ0) is 18.1. The van der Waals surface area contributed by atoms with Gasteiger partial charge in [0.2, 0.25) is 0 Å². The van der Waals surface area contributed by atoms with Crippen LogP contribution in [0.3, 0.4) is 0 Å². The lowest BCUT2D eigenvalue weighted by molar-refractivity contribution is -0.139. The van der Waals surface area contributed by atoms with Gasteiger partial charge in [0.05, 0.1) is 6.21 Å². The van der Waals surface area contributed by atoms with E-state index in [1.54, 1.807) is 18.2 Å².